The van der Waals surface area contributed by atoms with E-state index in [1.165, 1.54) is 12.8 Å². The van der Waals surface area contributed by atoms with E-state index >= 15 is 0 Å². The van der Waals surface area contributed by atoms with Crippen molar-refractivity contribution >= 4 is 29.2 Å². The van der Waals surface area contributed by atoms with Crippen molar-refractivity contribution in [3.8, 4) is 5.75 Å². The number of rotatable bonds is 5. The van der Waals surface area contributed by atoms with Crippen molar-refractivity contribution in [2.24, 2.45) is 0 Å². The van der Waals surface area contributed by atoms with Crippen LogP contribution in [0.25, 0.3) is 10.9 Å². The van der Waals surface area contributed by atoms with E-state index in [-0.39, 0.29) is 35.5 Å². The highest BCUT2D eigenvalue weighted by molar-refractivity contribution is 5.95. The summed E-state index contributed by atoms with van der Waals surface area (Å²) in [6.45, 7) is 2.67. The lowest BCUT2D eigenvalue weighted by atomic mass is 9.98. The van der Waals surface area contributed by atoms with Gasteiger partial charge in [0.15, 0.2) is 5.69 Å². The molecular formula is C21H29ClN4O3. The van der Waals surface area contributed by atoms with Gasteiger partial charge in [0.25, 0.3) is 5.91 Å². The van der Waals surface area contributed by atoms with Gasteiger partial charge in [-0.1, -0.05) is 6.92 Å². The Kier molecular flexibility index (Phi) is 6.49. The summed E-state index contributed by atoms with van der Waals surface area (Å²) >= 11 is 0. The highest BCUT2D eigenvalue weighted by Crippen LogP contribution is 2.34. The number of hydrogen-bond acceptors (Lipinski definition) is 5. The minimum Gasteiger partial charge on any atom is -0.497 e. The molecule has 7 nitrogen and oxygen atoms in total. The molecule has 1 aromatic heterocycles. The van der Waals surface area contributed by atoms with Crippen LogP contribution in [0.2, 0.25) is 0 Å². The van der Waals surface area contributed by atoms with Crippen LogP contribution in [0.5, 0.6) is 5.75 Å². The molecule has 1 amide bonds. The quantitative estimate of drug-likeness (QED) is 0.804. The van der Waals surface area contributed by atoms with Gasteiger partial charge >= 0.3 is 0 Å². The molecule has 0 spiro atoms. The topological polar surface area (TPSA) is 76.5 Å². The van der Waals surface area contributed by atoms with Gasteiger partial charge in [0.05, 0.1) is 18.0 Å². The van der Waals surface area contributed by atoms with Crippen molar-refractivity contribution in [3.63, 3.8) is 0 Å². The molecule has 158 valence electrons. The molecule has 0 radical (unpaired) electrons. The molecule has 4 rings (SSSR count). The van der Waals surface area contributed by atoms with Gasteiger partial charge in [-0.2, -0.15) is 5.10 Å². The number of aromatic nitrogens is 2. The first kappa shape index (κ1) is 21.6. The average molecular weight is 421 g/mol. The van der Waals surface area contributed by atoms with Crippen LogP contribution in [0.15, 0.2) is 23.0 Å². The molecule has 29 heavy (non-hydrogen) atoms. The molecule has 3 heterocycles. The first-order chi connectivity index (χ1) is 13.5. The monoisotopic (exact) mass is 420 g/mol. The Morgan fingerprint density at radius 1 is 1.28 bits per heavy atom. The van der Waals surface area contributed by atoms with Crippen molar-refractivity contribution in [1.82, 2.24) is 20.0 Å². The van der Waals surface area contributed by atoms with Crippen LogP contribution < -0.4 is 15.5 Å². The number of nitrogens with zero attached hydrogens (tertiary/aromatic N) is 3. The Hall–Kier alpha value is -2.12. The summed E-state index contributed by atoms with van der Waals surface area (Å²) in [5, 5.41) is 8.01. The number of amides is 1. The fourth-order valence-corrected chi connectivity index (χ4v) is 4.71. The molecule has 2 aliphatic heterocycles. The van der Waals surface area contributed by atoms with E-state index in [0.717, 1.165) is 19.3 Å². The average Bonchev–Trinajstić information content (AvgIpc) is 2.90. The molecule has 0 aliphatic carbocycles. The summed E-state index contributed by atoms with van der Waals surface area (Å²) < 4.78 is 7.02. The van der Waals surface area contributed by atoms with Gasteiger partial charge in [0.2, 0.25) is 5.43 Å². The van der Waals surface area contributed by atoms with E-state index in [1.807, 2.05) is 6.92 Å². The predicted octanol–water partition coefficient (Wildman–Crippen LogP) is 2.59. The zero-order valence-corrected chi connectivity index (χ0v) is 18.0. The van der Waals surface area contributed by atoms with E-state index in [9.17, 15) is 9.59 Å². The molecule has 2 saturated heterocycles. The van der Waals surface area contributed by atoms with Crippen LogP contribution >= 0.6 is 12.4 Å². The molecule has 1 aromatic carbocycles. The van der Waals surface area contributed by atoms with Crippen LogP contribution in [-0.4, -0.2) is 52.9 Å². The molecule has 1 N–H and O–H groups in total. The molecule has 2 aliphatic rings. The van der Waals surface area contributed by atoms with Crippen molar-refractivity contribution in [2.75, 3.05) is 14.2 Å². The maximum absolute atomic E-state index is 13.0. The van der Waals surface area contributed by atoms with Gasteiger partial charge in [0, 0.05) is 30.7 Å². The smallest absolute Gasteiger partial charge is 0.276 e. The Balaban J connectivity index is 0.00000240. The van der Waals surface area contributed by atoms with Crippen LogP contribution in [0.1, 0.15) is 49.5 Å². The second-order valence-corrected chi connectivity index (χ2v) is 7.98. The summed E-state index contributed by atoms with van der Waals surface area (Å²) in [5.74, 6) is 0.305. The third-order valence-corrected chi connectivity index (χ3v) is 6.25. The highest BCUT2D eigenvalue weighted by atomic mass is 35.5. The summed E-state index contributed by atoms with van der Waals surface area (Å²) in [4.78, 5) is 28.4. The summed E-state index contributed by atoms with van der Waals surface area (Å²) in [7, 11) is 3.76. The number of benzene rings is 1. The zero-order chi connectivity index (χ0) is 19.8. The molecule has 0 saturated carbocycles. The second kappa shape index (κ2) is 8.71. The predicted molar refractivity (Wildman–Crippen MR) is 115 cm³/mol. The maximum Gasteiger partial charge on any atom is 0.276 e. The minimum atomic E-state index is -0.360. The van der Waals surface area contributed by atoms with Crippen molar-refractivity contribution < 1.29 is 9.53 Å². The largest absolute Gasteiger partial charge is 0.497 e. The summed E-state index contributed by atoms with van der Waals surface area (Å²) in [6, 6.07) is 6.42. The van der Waals surface area contributed by atoms with Crippen molar-refractivity contribution in [1.29, 1.82) is 0 Å². The lowest BCUT2D eigenvalue weighted by Gasteiger charge is -2.36. The zero-order valence-electron chi connectivity index (χ0n) is 17.2. The summed E-state index contributed by atoms with van der Waals surface area (Å²) in [5.41, 5.74) is 0.357. The SMILES string of the molecule is CCCn1nc(C(=O)N[C@H]2C[C@H]3CC[C@@H](C2)N3C)c(=O)c2ccc(OC)cc21.Cl. The third kappa shape index (κ3) is 3.98. The Morgan fingerprint density at radius 2 is 1.97 bits per heavy atom. The molecular weight excluding hydrogens is 392 g/mol. The number of carbonyl (C=O) groups excluding carboxylic acids is 1. The number of halogens is 1. The van der Waals surface area contributed by atoms with E-state index in [2.05, 4.69) is 22.4 Å². The number of methoxy groups -OCH3 is 1. The number of aryl methyl sites for hydroxylation is 1. The van der Waals surface area contributed by atoms with Gasteiger partial charge in [0.1, 0.15) is 5.75 Å². The Morgan fingerprint density at radius 3 is 2.59 bits per heavy atom. The van der Waals surface area contributed by atoms with Gasteiger partial charge in [-0.05, 0) is 51.3 Å². The van der Waals surface area contributed by atoms with Gasteiger partial charge in [-0.3, -0.25) is 14.3 Å². The van der Waals surface area contributed by atoms with Crippen LogP contribution in [0, 0.1) is 0 Å². The second-order valence-electron chi connectivity index (χ2n) is 7.98. The molecule has 3 atom stereocenters. The summed E-state index contributed by atoms with van der Waals surface area (Å²) in [6.07, 6.45) is 5.10. The van der Waals surface area contributed by atoms with Gasteiger partial charge < -0.3 is 15.0 Å². The number of ether oxygens (including phenoxy) is 1. The molecule has 0 unspecified atom stereocenters. The maximum atomic E-state index is 13.0. The lowest BCUT2D eigenvalue weighted by Crippen LogP contribution is -2.49. The molecule has 2 aromatic rings. The Labute approximate surface area is 176 Å². The highest BCUT2D eigenvalue weighted by Gasteiger charge is 2.39. The fourth-order valence-electron chi connectivity index (χ4n) is 4.71. The molecule has 2 bridgehead atoms. The van der Waals surface area contributed by atoms with Crippen molar-refractivity contribution in [3.05, 3.63) is 34.1 Å². The van der Waals surface area contributed by atoms with Crippen LogP contribution in [0.3, 0.4) is 0 Å². The standard InChI is InChI=1S/C21H28N4O3.ClH/c1-4-9-25-18-12-16(28-3)7-8-17(18)20(26)19(23-25)21(27)22-13-10-14-5-6-15(11-13)24(14)2;/h7-8,12-15H,4-6,9-11H2,1-3H3,(H,22,27);1H/t13-,14+,15-;. The Bertz CT molecular complexity index is 947. The van der Waals surface area contributed by atoms with E-state index in [1.54, 1.807) is 30.0 Å². The number of carbonyl (C=O) groups is 1. The third-order valence-electron chi connectivity index (χ3n) is 6.25. The molecule has 8 heteroatoms. The fraction of sp³-hybridized carbons (Fsp3) is 0.571. The number of piperidine rings is 1. The lowest BCUT2D eigenvalue weighted by molar-refractivity contribution is 0.0874. The van der Waals surface area contributed by atoms with Crippen LogP contribution in [0.4, 0.5) is 0 Å². The van der Waals surface area contributed by atoms with Crippen LogP contribution in [-0.2, 0) is 6.54 Å². The van der Waals surface area contributed by atoms with Crippen molar-refractivity contribution in [2.45, 2.75) is 63.7 Å². The normalized spacial score (nSPS) is 23.6. The van der Waals surface area contributed by atoms with E-state index in [0.29, 0.717) is 35.3 Å². The van der Waals surface area contributed by atoms with E-state index in [4.69, 9.17) is 4.74 Å². The first-order valence-corrected chi connectivity index (χ1v) is 10.1. The minimum absolute atomic E-state index is 0. The molecule has 2 fully saturated rings. The van der Waals surface area contributed by atoms with E-state index < -0.39 is 0 Å². The number of nitrogens with one attached hydrogen (secondary N) is 1. The van der Waals surface area contributed by atoms with Gasteiger partial charge in [-0.15, -0.1) is 12.4 Å². The number of fused-ring (bicyclic) bond motifs is 3. The number of hydrogen-bond donors (Lipinski definition) is 1. The first-order valence-electron chi connectivity index (χ1n) is 10.1. The van der Waals surface area contributed by atoms with Gasteiger partial charge in [-0.25, -0.2) is 0 Å².